The molecule has 3 aromatic rings. The first-order chi connectivity index (χ1) is 15.7. The van der Waals surface area contributed by atoms with Crippen LogP contribution in [0.3, 0.4) is 0 Å². The molecule has 1 N–H and O–H groups in total. The van der Waals surface area contributed by atoms with Crippen LogP contribution in [0.4, 0.5) is 15.8 Å². The molecule has 4 rings (SSSR count). The highest BCUT2D eigenvalue weighted by molar-refractivity contribution is 6.32. The molecule has 0 unspecified atom stereocenters. The lowest BCUT2D eigenvalue weighted by molar-refractivity contribution is -0.122. The van der Waals surface area contributed by atoms with Crippen molar-refractivity contribution in [1.82, 2.24) is 0 Å². The standard InChI is InChI=1S/C26H23ClFN3O2/c1-15-8-10-22(16(2)12-15)30-24(32)14-31-23-11-9-18(27)13-20(23)25(29-17(3)26(31)33)19-6-4-5-7-21(19)28/h4-13,17H,14H2,1-3H3,(H,30,32)/t17-/m0/s1. The number of hydrogen-bond acceptors (Lipinski definition) is 3. The number of halogens is 2. The Kier molecular flexibility index (Phi) is 6.29. The summed E-state index contributed by atoms with van der Waals surface area (Å²) < 4.78 is 14.7. The lowest BCUT2D eigenvalue weighted by atomic mass is 9.99. The maximum Gasteiger partial charge on any atom is 0.252 e. The number of amides is 2. The maximum absolute atomic E-state index is 14.7. The summed E-state index contributed by atoms with van der Waals surface area (Å²) in [6.07, 6.45) is 0. The van der Waals surface area contributed by atoms with Crippen molar-refractivity contribution in [1.29, 1.82) is 0 Å². The van der Waals surface area contributed by atoms with Gasteiger partial charge in [-0.2, -0.15) is 0 Å². The average molecular weight is 464 g/mol. The third kappa shape index (κ3) is 4.66. The van der Waals surface area contributed by atoms with Gasteiger partial charge in [-0.05, 0) is 62.7 Å². The molecule has 0 aliphatic carbocycles. The van der Waals surface area contributed by atoms with E-state index in [-0.39, 0.29) is 23.9 Å². The van der Waals surface area contributed by atoms with Gasteiger partial charge >= 0.3 is 0 Å². The predicted molar refractivity (Wildman–Crippen MR) is 130 cm³/mol. The molecule has 1 atom stereocenters. The van der Waals surface area contributed by atoms with Crippen molar-refractivity contribution in [2.45, 2.75) is 26.8 Å². The van der Waals surface area contributed by atoms with Gasteiger partial charge in [0.15, 0.2) is 0 Å². The largest absolute Gasteiger partial charge is 0.324 e. The fourth-order valence-electron chi connectivity index (χ4n) is 3.91. The van der Waals surface area contributed by atoms with Gasteiger partial charge in [0, 0.05) is 21.8 Å². The van der Waals surface area contributed by atoms with E-state index >= 15 is 0 Å². The van der Waals surface area contributed by atoms with Crippen molar-refractivity contribution in [3.8, 4) is 0 Å². The highest BCUT2D eigenvalue weighted by atomic mass is 35.5. The van der Waals surface area contributed by atoms with Crippen LogP contribution in [0.25, 0.3) is 0 Å². The van der Waals surface area contributed by atoms with E-state index in [1.807, 2.05) is 32.0 Å². The van der Waals surface area contributed by atoms with Crippen molar-refractivity contribution >= 4 is 40.5 Å². The summed E-state index contributed by atoms with van der Waals surface area (Å²) in [6, 6.07) is 16.1. The molecule has 0 aromatic heterocycles. The van der Waals surface area contributed by atoms with Crippen LogP contribution in [0.5, 0.6) is 0 Å². The number of aliphatic imine (C=N–C) groups is 1. The summed E-state index contributed by atoms with van der Waals surface area (Å²) in [5, 5.41) is 3.29. The van der Waals surface area contributed by atoms with Gasteiger partial charge in [0.2, 0.25) is 5.91 Å². The Labute approximate surface area is 196 Å². The molecule has 0 bridgehead atoms. The second-order valence-electron chi connectivity index (χ2n) is 8.09. The zero-order valence-electron chi connectivity index (χ0n) is 18.5. The molecule has 2 amide bonds. The molecule has 1 heterocycles. The molecule has 0 fully saturated rings. The summed E-state index contributed by atoms with van der Waals surface area (Å²) in [6.45, 7) is 5.30. The number of benzodiazepines with no additional fused rings is 1. The Bertz CT molecular complexity index is 1290. The summed E-state index contributed by atoms with van der Waals surface area (Å²) in [7, 11) is 0. The van der Waals surface area contributed by atoms with Gasteiger partial charge < -0.3 is 10.2 Å². The molecule has 0 saturated heterocycles. The van der Waals surface area contributed by atoms with E-state index in [9.17, 15) is 14.0 Å². The minimum Gasteiger partial charge on any atom is -0.324 e. The zero-order valence-corrected chi connectivity index (χ0v) is 19.3. The Morgan fingerprint density at radius 3 is 2.58 bits per heavy atom. The number of nitrogens with one attached hydrogen (secondary N) is 1. The lowest BCUT2D eigenvalue weighted by Gasteiger charge is -2.24. The van der Waals surface area contributed by atoms with Crippen molar-refractivity contribution in [2.75, 3.05) is 16.8 Å². The van der Waals surface area contributed by atoms with Crippen LogP contribution < -0.4 is 10.2 Å². The third-order valence-electron chi connectivity index (χ3n) is 5.54. The number of carbonyl (C=O) groups excluding carboxylic acids is 2. The summed E-state index contributed by atoms with van der Waals surface area (Å²) in [5.41, 5.74) is 4.23. The number of rotatable bonds is 4. The highest BCUT2D eigenvalue weighted by Crippen LogP contribution is 2.31. The quantitative estimate of drug-likeness (QED) is 0.570. The normalized spacial score (nSPS) is 15.5. The van der Waals surface area contributed by atoms with Gasteiger partial charge in [-0.3, -0.25) is 14.6 Å². The van der Waals surface area contributed by atoms with Gasteiger partial charge in [-0.25, -0.2) is 4.39 Å². The molecule has 0 saturated carbocycles. The topological polar surface area (TPSA) is 61.8 Å². The molecule has 33 heavy (non-hydrogen) atoms. The van der Waals surface area contributed by atoms with Crippen LogP contribution in [-0.2, 0) is 9.59 Å². The van der Waals surface area contributed by atoms with E-state index in [1.165, 1.54) is 11.0 Å². The van der Waals surface area contributed by atoms with Crippen molar-refractivity contribution in [3.63, 3.8) is 0 Å². The number of fused-ring (bicyclic) bond motifs is 1. The van der Waals surface area contributed by atoms with Crippen LogP contribution in [0.1, 0.15) is 29.2 Å². The van der Waals surface area contributed by atoms with E-state index in [4.69, 9.17) is 11.6 Å². The third-order valence-corrected chi connectivity index (χ3v) is 5.77. The van der Waals surface area contributed by atoms with Crippen LogP contribution in [0.2, 0.25) is 5.02 Å². The number of hydrogen-bond donors (Lipinski definition) is 1. The maximum atomic E-state index is 14.7. The summed E-state index contributed by atoms with van der Waals surface area (Å²) >= 11 is 6.25. The molecular weight excluding hydrogens is 441 g/mol. The van der Waals surface area contributed by atoms with E-state index in [2.05, 4.69) is 10.3 Å². The van der Waals surface area contributed by atoms with E-state index < -0.39 is 11.9 Å². The number of nitrogens with zero attached hydrogens (tertiary/aromatic N) is 2. The Balaban J connectivity index is 1.73. The fourth-order valence-corrected chi connectivity index (χ4v) is 4.09. The zero-order chi connectivity index (χ0) is 23.7. The van der Waals surface area contributed by atoms with Crippen molar-refractivity contribution in [2.24, 2.45) is 4.99 Å². The highest BCUT2D eigenvalue weighted by Gasteiger charge is 2.32. The van der Waals surface area contributed by atoms with Crippen LogP contribution in [-0.4, -0.2) is 30.1 Å². The SMILES string of the molecule is Cc1ccc(NC(=O)CN2C(=O)[C@H](C)N=C(c3ccccc3F)c3cc(Cl)ccc32)c(C)c1. The van der Waals surface area contributed by atoms with Gasteiger partial charge in [0.05, 0.1) is 11.4 Å². The Morgan fingerprint density at radius 1 is 1.09 bits per heavy atom. The van der Waals surface area contributed by atoms with Gasteiger partial charge in [-0.1, -0.05) is 41.4 Å². The van der Waals surface area contributed by atoms with Crippen molar-refractivity contribution < 1.29 is 14.0 Å². The van der Waals surface area contributed by atoms with Gasteiger partial charge in [0.25, 0.3) is 5.91 Å². The fraction of sp³-hybridized carbons (Fsp3) is 0.192. The van der Waals surface area contributed by atoms with E-state index in [0.717, 1.165) is 11.1 Å². The first-order valence-electron chi connectivity index (χ1n) is 10.6. The van der Waals surface area contributed by atoms with Crippen LogP contribution in [0.15, 0.2) is 65.7 Å². The molecule has 168 valence electrons. The molecule has 0 radical (unpaired) electrons. The first kappa shape index (κ1) is 22.7. The minimum absolute atomic E-state index is 0.217. The lowest BCUT2D eigenvalue weighted by Crippen LogP contribution is -2.42. The molecular formula is C26H23ClFN3O2. The van der Waals surface area contributed by atoms with Gasteiger partial charge in [-0.15, -0.1) is 0 Å². The second-order valence-corrected chi connectivity index (χ2v) is 8.52. The van der Waals surface area contributed by atoms with Crippen molar-refractivity contribution in [3.05, 3.63) is 93.8 Å². The van der Waals surface area contributed by atoms with E-state index in [0.29, 0.717) is 27.7 Å². The van der Waals surface area contributed by atoms with E-state index in [1.54, 1.807) is 43.3 Å². The van der Waals surface area contributed by atoms with Gasteiger partial charge in [0.1, 0.15) is 18.4 Å². The number of benzene rings is 3. The predicted octanol–water partition coefficient (Wildman–Crippen LogP) is 5.31. The summed E-state index contributed by atoms with van der Waals surface area (Å²) in [4.78, 5) is 32.1. The molecule has 7 heteroatoms. The summed E-state index contributed by atoms with van der Waals surface area (Å²) in [5.74, 6) is -1.17. The number of anilines is 2. The monoisotopic (exact) mass is 463 g/mol. The number of aryl methyl sites for hydroxylation is 2. The average Bonchev–Trinajstić information content (AvgIpc) is 2.86. The molecule has 5 nitrogen and oxygen atoms in total. The number of carbonyl (C=O) groups is 2. The smallest absolute Gasteiger partial charge is 0.252 e. The molecule has 1 aliphatic rings. The minimum atomic E-state index is -0.820. The van der Waals surface area contributed by atoms with Crippen LogP contribution in [0, 0.1) is 19.7 Å². The molecule has 0 spiro atoms. The Hall–Kier alpha value is -3.51. The Morgan fingerprint density at radius 2 is 1.85 bits per heavy atom. The van der Waals surface area contributed by atoms with Crippen LogP contribution >= 0.6 is 11.6 Å². The second kappa shape index (κ2) is 9.16. The molecule has 3 aromatic carbocycles. The molecule has 1 aliphatic heterocycles. The first-order valence-corrected chi connectivity index (χ1v) is 10.9.